The molecule has 1 aromatic carbocycles. The van der Waals surface area contributed by atoms with Gasteiger partial charge in [-0.25, -0.2) is 4.79 Å². The Labute approximate surface area is 157 Å². The van der Waals surface area contributed by atoms with Gasteiger partial charge in [0.05, 0.1) is 30.4 Å². The molecular formula is C20H22NO6-. The Bertz CT molecular complexity index is 862. The first-order valence-corrected chi connectivity index (χ1v) is 8.52. The zero-order chi connectivity index (χ0) is 20.1. The molecule has 1 unspecified atom stereocenters. The van der Waals surface area contributed by atoms with Crippen molar-refractivity contribution in [1.82, 2.24) is 4.98 Å². The topological polar surface area (TPSA) is 109 Å². The summed E-state index contributed by atoms with van der Waals surface area (Å²) in [7, 11) is 1.45. The molecule has 0 saturated carbocycles. The van der Waals surface area contributed by atoms with Crippen molar-refractivity contribution in [2.75, 3.05) is 13.7 Å². The zero-order valence-electron chi connectivity index (χ0n) is 15.7. The van der Waals surface area contributed by atoms with E-state index in [-0.39, 0.29) is 29.0 Å². The molecule has 2 rings (SSSR count). The minimum atomic E-state index is -1.46. The lowest BCUT2D eigenvalue weighted by atomic mass is 9.92. The average Bonchev–Trinajstić information content (AvgIpc) is 2.64. The fourth-order valence-electron chi connectivity index (χ4n) is 2.83. The number of pyridine rings is 1. The van der Waals surface area contributed by atoms with Gasteiger partial charge < -0.3 is 24.5 Å². The van der Waals surface area contributed by atoms with Gasteiger partial charge >= 0.3 is 5.97 Å². The van der Waals surface area contributed by atoms with E-state index in [1.807, 2.05) is 0 Å². The van der Waals surface area contributed by atoms with E-state index in [9.17, 15) is 19.8 Å². The molecular weight excluding hydrogens is 350 g/mol. The van der Waals surface area contributed by atoms with E-state index in [2.05, 4.69) is 4.98 Å². The summed E-state index contributed by atoms with van der Waals surface area (Å²) in [5.41, 5.74) is 0.887. The third-order valence-electron chi connectivity index (χ3n) is 4.22. The second-order valence-corrected chi connectivity index (χ2v) is 6.06. The largest absolute Gasteiger partial charge is 0.545 e. The third kappa shape index (κ3) is 4.25. The van der Waals surface area contributed by atoms with Gasteiger partial charge in [-0.3, -0.25) is 4.98 Å². The SMILES string of the molecule is CCC(O)COC(=O)c1c(C)nc(C)c(C(=O)[O-])c1-c1ccccc1OC. The standard InChI is InChI=1S/C20H23NO6/c1-5-13(22)10-27-20(25)17-12(3)21-11(2)16(19(23)24)18(17)14-8-6-7-9-15(14)26-4/h6-9,13,22H,5,10H2,1-4H3,(H,23,24)/p-1. The highest BCUT2D eigenvalue weighted by molar-refractivity contribution is 6.06. The number of aryl methyl sites for hydroxylation is 2. The van der Waals surface area contributed by atoms with Gasteiger partial charge in [0.2, 0.25) is 0 Å². The maximum Gasteiger partial charge on any atom is 0.340 e. The first-order valence-electron chi connectivity index (χ1n) is 8.52. The lowest BCUT2D eigenvalue weighted by Gasteiger charge is -2.21. The molecule has 1 N–H and O–H groups in total. The van der Waals surface area contributed by atoms with Crippen molar-refractivity contribution < 1.29 is 29.3 Å². The number of aromatic carboxylic acids is 1. The maximum absolute atomic E-state index is 12.7. The average molecular weight is 372 g/mol. The van der Waals surface area contributed by atoms with E-state index >= 15 is 0 Å². The van der Waals surface area contributed by atoms with Crippen LogP contribution in [0.4, 0.5) is 0 Å². The lowest BCUT2D eigenvalue weighted by molar-refractivity contribution is -0.255. The van der Waals surface area contributed by atoms with Crippen LogP contribution >= 0.6 is 0 Å². The van der Waals surface area contributed by atoms with Crippen LogP contribution in [0, 0.1) is 13.8 Å². The molecule has 144 valence electrons. The molecule has 2 aromatic rings. The van der Waals surface area contributed by atoms with Crippen LogP contribution in [0.5, 0.6) is 5.75 Å². The number of hydrogen-bond donors (Lipinski definition) is 1. The molecule has 0 aliphatic rings. The van der Waals surface area contributed by atoms with Crippen LogP contribution in [0.2, 0.25) is 0 Å². The molecule has 0 bridgehead atoms. The van der Waals surface area contributed by atoms with Crippen molar-refractivity contribution in [2.45, 2.75) is 33.3 Å². The summed E-state index contributed by atoms with van der Waals surface area (Å²) < 4.78 is 10.5. The highest BCUT2D eigenvalue weighted by Crippen LogP contribution is 2.37. The van der Waals surface area contributed by atoms with E-state index in [0.717, 1.165) is 0 Å². The summed E-state index contributed by atoms with van der Waals surface area (Å²) in [5, 5.41) is 21.5. The van der Waals surface area contributed by atoms with E-state index in [0.29, 0.717) is 23.4 Å². The molecule has 1 heterocycles. The molecule has 1 atom stereocenters. The number of hydrogen-bond acceptors (Lipinski definition) is 7. The summed E-state index contributed by atoms with van der Waals surface area (Å²) in [4.78, 5) is 28.7. The second-order valence-electron chi connectivity index (χ2n) is 6.06. The molecule has 7 heteroatoms. The monoisotopic (exact) mass is 372 g/mol. The summed E-state index contributed by atoms with van der Waals surface area (Å²) in [6.45, 7) is 4.69. The highest BCUT2D eigenvalue weighted by atomic mass is 16.5. The van der Waals surface area contributed by atoms with Gasteiger partial charge in [0.25, 0.3) is 0 Å². The Morgan fingerprint density at radius 2 is 1.81 bits per heavy atom. The van der Waals surface area contributed by atoms with E-state index in [1.165, 1.54) is 14.0 Å². The van der Waals surface area contributed by atoms with Crippen molar-refractivity contribution >= 4 is 11.9 Å². The molecule has 0 spiro atoms. The quantitative estimate of drug-likeness (QED) is 0.736. The van der Waals surface area contributed by atoms with Gasteiger partial charge in [-0.1, -0.05) is 25.1 Å². The number of nitrogens with zero attached hydrogens (tertiary/aromatic N) is 1. The number of aromatic nitrogens is 1. The predicted molar refractivity (Wildman–Crippen MR) is 96.6 cm³/mol. The predicted octanol–water partition coefficient (Wildman–Crippen LogP) is 1.67. The minimum Gasteiger partial charge on any atom is -0.545 e. The van der Waals surface area contributed by atoms with Crippen molar-refractivity contribution in [3.8, 4) is 16.9 Å². The molecule has 0 aliphatic heterocycles. The number of methoxy groups -OCH3 is 1. The van der Waals surface area contributed by atoms with Gasteiger partial charge in [-0.05, 0) is 26.3 Å². The van der Waals surface area contributed by atoms with Crippen molar-refractivity contribution in [1.29, 1.82) is 0 Å². The summed E-state index contributed by atoms with van der Waals surface area (Å²) in [6.07, 6.45) is -0.384. The number of carbonyl (C=O) groups excluding carboxylic acids is 2. The maximum atomic E-state index is 12.7. The second kappa shape index (κ2) is 8.64. The molecule has 27 heavy (non-hydrogen) atoms. The Kier molecular flexibility index (Phi) is 6.52. The zero-order valence-corrected chi connectivity index (χ0v) is 15.7. The molecule has 7 nitrogen and oxygen atoms in total. The molecule has 0 fully saturated rings. The van der Waals surface area contributed by atoms with Crippen LogP contribution in [0.3, 0.4) is 0 Å². The van der Waals surface area contributed by atoms with Crippen LogP contribution in [0.1, 0.15) is 45.4 Å². The van der Waals surface area contributed by atoms with Crippen LogP contribution in [0.15, 0.2) is 24.3 Å². The lowest BCUT2D eigenvalue weighted by Crippen LogP contribution is -2.27. The Hall–Kier alpha value is -2.93. The smallest absolute Gasteiger partial charge is 0.340 e. The minimum absolute atomic E-state index is 0.00704. The van der Waals surface area contributed by atoms with Crippen LogP contribution in [0.25, 0.3) is 11.1 Å². The van der Waals surface area contributed by atoms with E-state index in [1.54, 1.807) is 38.1 Å². The van der Waals surface area contributed by atoms with Gasteiger partial charge in [0.1, 0.15) is 12.4 Å². The number of aliphatic hydroxyl groups is 1. The van der Waals surface area contributed by atoms with Gasteiger partial charge in [0.15, 0.2) is 0 Å². The third-order valence-corrected chi connectivity index (χ3v) is 4.22. The van der Waals surface area contributed by atoms with Gasteiger partial charge in [0, 0.05) is 22.4 Å². The fraction of sp³-hybridized carbons (Fsp3) is 0.350. The number of esters is 1. The Balaban J connectivity index is 2.74. The van der Waals surface area contributed by atoms with Crippen LogP contribution in [-0.4, -0.2) is 41.8 Å². The summed E-state index contributed by atoms with van der Waals surface area (Å²) >= 11 is 0. The van der Waals surface area contributed by atoms with Crippen LogP contribution < -0.4 is 9.84 Å². The molecule has 0 saturated heterocycles. The van der Waals surface area contributed by atoms with Gasteiger partial charge in [-0.15, -0.1) is 0 Å². The molecule has 0 radical (unpaired) electrons. The molecule has 0 amide bonds. The number of aliphatic hydroxyl groups excluding tert-OH is 1. The number of ether oxygens (including phenoxy) is 2. The number of benzene rings is 1. The van der Waals surface area contributed by atoms with Crippen molar-refractivity contribution in [2.24, 2.45) is 0 Å². The first kappa shape index (κ1) is 20.4. The van der Waals surface area contributed by atoms with E-state index in [4.69, 9.17) is 9.47 Å². The number of carboxylic acid groups (broad SMARTS) is 1. The number of para-hydroxylation sites is 1. The molecule has 0 aliphatic carbocycles. The number of carbonyl (C=O) groups is 2. The highest BCUT2D eigenvalue weighted by Gasteiger charge is 2.26. The number of carboxylic acids is 1. The first-order chi connectivity index (χ1) is 12.8. The number of rotatable bonds is 7. The summed E-state index contributed by atoms with van der Waals surface area (Å²) in [6, 6.07) is 6.75. The normalized spacial score (nSPS) is 11.7. The Morgan fingerprint density at radius 1 is 1.19 bits per heavy atom. The molecule has 1 aromatic heterocycles. The Morgan fingerprint density at radius 3 is 2.41 bits per heavy atom. The van der Waals surface area contributed by atoms with E-state index < -0.39 is 18.0 Å². The van der Waals surface area contributed by atoms with Crippen molar-refractivity contribution in [3.63, 3.8) is 0 Å². The summed E-state index contributed by atoms with van der Waals surface area (Å²) in [5.74, 6) is -1.83. The van der Waals surface area contributed by atoms with Crippen LogP contribution in [-0.2, 0) is 4.74 Å². The fourth-order valence-corrected chi connectivity index (χ4v) is 2.83. The van der Waals surface area contributed by atoms with Gasteiger partial charge in [-0.2, -0.15) is 0 Å². The van der Waals surface area contributed by atoms with Crippen molar-refractivity contribution in [3.05, 3.63) is 46.8 Å².